The van der Waals surface area contributed by atoms with Crippen molar-refractivity contribution in [3.8, 4) is 0 Å². The summed E-state index contributed by atoms with van der Waals surface area (Å²) < 4.78 is 22.1. The SMILES string of the molecule is CC(C)(C)[S@@](=O)N=CC1CC(O[Si](C)(C)C(C)(C)C)C1. The molecule has 1 saturated carbocycles. The van der Waals surface area contributed by atoms with Gasteiger partial charge < -0.3 is 4.43 Å². The zero-order valence-electron chi connectivity index (χ0n) is 14.3. The summed E-state index contributed by atoms with van der Waals surface area (Å²) in [6, 6.07) is 0. The Morgan fingerprint density at radius 2 is 1.65 bits per heavy atom. The van der Waals surface area contributed by atoms with E-state index in [0.29, 0.717) is 12.0 Å². The van der Waals surface area contributed by atoms with Gasteiger partial charge in [0.1, 0.15) is 11.0 Å². The van der Waals surface area contributed by atoms with Crippen LogP contribution in [0.25, 0.3) is 0 Å². The summed E-state index contributed by atoms with van der Waals surface area (Å²) in [5, 5.41) is 0.264. The molecule has 118 valence electrons. The number of nitrogens with zero attached hydrogens (tertiary/aromatic N) is 1. The van der Waals surface area contributed by atoms with Gasteiger partial charge in [0.05, 0.1) is 4.75 Å². The van der Waals surface area contributed by atoms with E-state index in [4.69, 9.17) is 4.43 Å². The van der Waals surface area contributed by atoms with Gasteiger partial charge in [-0.2, -0.15) is 4.40 Å². The van der Waals surface area contributed by atoms with Crippen LogP contribution in [0.4, 0.5) is 0 Å². The van der Waals surface area contributed by atoms with Crippen LogP contribution in [0.3, 0.4) is 0 Å². The Hall–Kier alpha value is -0.00312. The highest BCUT2D eigenvalue weighted by Crippen LogP contribution is 2.41. The minimum atomic E-state index is -1.65. The lowest BCUT2D eigenvalue weighted by atomic mass is 9.84. The average Bonchev–Trinajstić information content (AvgIpc) is 2.17. The van der Waals surface area contributed by atoms with Gasteiger partial charge in [-0.15, -0.1) is 0 Å². The summed E-state index contributed by atoms with van der Waals surface area (Å²) in [6.45, 7) is 17.2. The number of hydrogen-bond donors (Lipinski definition) is 0. The first-order valence-electron chi connectivity index (χ1n) is 7.47. The number of hydrogen-bond acceptors (Lipinski definition) is 2. The maximum Gasteiger partial charge on any atom is 0.192 e. The first-order chi connectivity index (χ1) is 8.83. The van der Waals surface area contributed by atoms with Crippen LogP contribution in [0.1, 0.15) is 54.4 Å². The fourth-order valence-electron chi connectivity index (χ4n) is 1.72. The standard InChI is InChI=1S/C15H31NO2SSi/c1-14(2,3)19(17)16-11-12-9-13(10-12)18-20(7,8)15(4,5)6/h11-13H,9-10H2,1-8H3/t12?,13?,19-/m1/s1. The minimum absolute atomic E-state index is 0.264. The summed E-state index contributed by atoms with van der Waals surface area (Å²) >= 11 is 0. The van der Waals surface area contributed by atoms with Gasteiger partial charge in [0.25, 0.3) is 0 Å². The lowest BCUT2D eigenvalue weighted by Crippen LogP contribution is -2.47. The van der Waals surface area contributed by atoms with Crippen LogP contribution < -0.4 is 0 Å². The molecule has 0 aromatic heterocycles. The highest BCUT2D eigenvalue weighted by Gasteiger charge is 2.42. The van der Waals surface area contributed by atoms with Crippen LogP contribution in [-0.2, 0) is 15.4 Å². The molecule has 3 nitrogen and oxygen atoms in total. The van der Waals surface area contributed by atoms with E-state index in [2.05, 4.69) is 38.3 Å². The molecule has 0 aliphatic heterocycles. The molecule has 1 atom stereocenters. The Labute approximate surface area is 128 Å². The van der Waals surface area contributed by atoms with Gasteiger partial charge in [-0.25, -0.2) is 4.21 Å². The van der Waals surface area contributed by atoms with E-state index < -0.39 is 19.3 Å². The Kier molecular flexibility index (Phi) is 5.42. The highest BCUT2D eigenvalue weighted by molar-refractivity contribution is 7.85. The predicted molar refractivity (Wildman–Crippen MR) is 91.2 cm³/mol. The molecular weight excluding hydrogens is 286 g/mol. The zero-order valence-corrected chi connectivity index (χ0v) is 16.1. The molecule has 0 unspecified atom stereocenters. The van der Waals surface area contributed by atoms with Crippen molar-refractivity contribution in [2.75, 3.05) is 0 Å². The van der Waals surface area contributed by atoms with Gasteiger partial charge in [-0.05, 0) is 57.7 Å². The second kappa shape index (κ2) is 6.01. The van der Waals surface area contributed by atoms with E-state index in [0.717, 1.165) is 12.8 Å². The highest BCUT2D eigenvalue weighted by atomic mass is 32.2. The first-order valence-corrected chi connectivity index (χ1v) is 11.5. The van der Waals surface area contributed by atoms with Crippen LogP contribution in [0.15, 0.2) is 4.40 Å². The lowest BCUT2D eigenvalue weighted by Gasteiger charge is -2.44. The van der Waals surface area contributed by atoms with Crippen molar-refractivity contribution in [2.24, 2.45) is 10.3 Å². The summed E-state index contributed by atoms with van der Waals surface area (Å²) in [7, 11) is -2.78. The molecule has 20 heavy (non-hydrogen) atoms. The Morgan fingerprint density at radius 1 is 1.15 bits per heavy atom. The van der Waals surface area contributed by atoms with Crippen molar-refractivity contribution in [1.29, 1.82) is 0 Å². The smallest absolute Gasteiger partial charge is 0.192 e. The quantitative estimate of drug-likeness (QED) is 0.572. The van der Waals surface area contributed by atoms with Crippen molar-refractivity contribution in [3.63, 3.8) is 0 Å². The molecule has 1 rings (SSSR count). The van der Waals surface area contributed by atoms with Gasteiger partial charge in [-0.1, -0.05) is 20.8 Å². The van der Waals surface area contributed by atoms with Crippen molar-refractivity contribution >= 4 is 25.5 Å². The Balaban J connectivity index is 2.41. The van der Waals surface area contributed by atoms with Crippen molar-refractivity contribution < 1.29 is 8.63 Å². The van der Waals surface area contributed by atoms with Crippen molar-refractivity contribution in [1.82, 2.24) is 0 Å². The van der Waals surface area contributed by atoms with E-state index in [-0.39, 0.29) is 9.79 Å². The van der Waals surface area contributed by atoms with Gasteiger partial charge in [-0.3, -0.25) is 0 Å². The summed E-state index contributed by atoms with van der Waals surface area (Å²) in [4.78, 5) is 0. The number of rotatable bonds is 4. The molecule has 0 amide bonds. The molecule has 0 bridgehead atoms. The van der Waals surface area contributed by atoms with Crippen LogP contribution >= 0.6 is 0 Å². The molecule has 0 heterocycles. The fourth-order valence-corrected chi connectivity index (χ4v) is 3.70. The maximum atomic E-state index is 11.8. The van der Waals surface area contributed by atoms with E-state index in [1.165, 1.54) is 0 Å². The van der Waals surface area contributed by atoms with Crippen molar-refractivity contribution in [3.05, 3.63) is 0 Å². The third-order valence-corrected chi connectivity index (χ3v) is 10.2. The molecule has 1 aliphatic rings. The maximum absolute atomic E-state index is 11.8. The lowest BCUT2D eigenvalue weighted by molar-refractivity contribution is 0.0816. The largest absolute Gasteiger partial charge is 0.414 e. The predicted octanol–water partition coefficient (Wildman–Crippen LogP) is 4.32. The topological polar surface area (TPSA) is 38.7 Å². The summed E-state index contributed by atoms with van der Waals surface area (Å²) in [6.07, 6.45) is 4.30. The Morgan fingerprint density at radius 3 is 2.05 bits per heavy atom. The molecule has 1 aliphatic carbocycles. The van der Waals surface area contributed by atoms with Crippen molar-refractivity contribution in [2.45, 2.75) is 83.4 Å². The van der Waals surface area contributed by atoms with Crippen LogP contribution in [0, 0.1) is 5.92 Å². The minimum Gasteiger partial charge on any atom is -0.414 e. The molecule has 0 radical (unpaired) electrons. The van der Waals surface area contributed by atoms with Crippen LogP contribution in [-0.4, -0.2) is 29.6 Å². The second-order valence-electron chi connectivity index (χ2n) is 8.35. The van der Waals surface area contributed by atoms with E-state index in [9.17, 15) is 4.21 Å². The summed E-state index contributed by atoms with van der Waals surface area (Å²) in [5.74, 6) is 0.441. The van der Waals surface area contributed by atoms with E-state index in [1.807, 2.05) is 27.0 Å². The third-order valence-electron chi connectivity index (χ3n) is 4.29. The molecule has 0 saturated heterocycles. The fraction of sp³-hybridized carbons (Fsp3) is 0.933. The normalized spacial score (nSPS) is 26.6. The van der Waals surface area contributed by atoms with Crippen LogP contribution in [0.5, 0.6) is 0 Å². The third kappa shape index (κ3) is 4.78. The average molecular weight is 318 g/mol. The second-order valence-corrected chi connectivity index (χ2v) is 15.0. The monoisotopic (exact) mass is 317 g/mol. The van der Waals surface area contributed by atoms with Gasteiger partial charge in [0, 0.05) is 12.3 Å². The molecule has 0 aromatic carbocycles. The molecule has 1 fully saturated rings. The molecule has 5 heteroatoms. The van der Waals surface area contributed by atoms with Gasteiger partial charge in [0.2, 0.25) is 0 Å². The van der Waals surface area contributed by atoms with Gasteiger partial charge >= 0.3 is 0 Å². The Bertz CT molecular complexity index is 388. The summed E-state index contributed by atoms with van der Waals surface area (Å²) in [5.41, 5.74) is 0. The molecule has 0 aromatic rings. The molecule has 0 N–H and O–H groups in total. The molecule has 0 spiro atoms. The van der Waals surface area contributed by atoms with Crippen LogP contribution in [0.2, 0.25) is 18.1 Å². The van der Waals surface area contributed by atoms with Gasteiger partial charge in [0.15, 0.2) is 8.32 Å². The van der Waals surface area contributed by atoms with E-state index in [1.54, 1.807) is 0 Å². The first kappa shape index (κ1) is 18.0. The molecular formula is C15H31NO2SSi. The zero-order chi connectivity index (χ0) is 15.8. The van der Waals surface area contributed by atoms with E-state index >= 15 is 0 Å².